The topological polar surface area (TPSA) is 0 Å². The first-order chi connectivity index (χ1) is 22.3. The Hall–Kier alpha value is -1.79. The summed E-state index contributed by atoms with van der Waals surface area (Å²) >= 11 is 1.46. The third-order valence-corrected chi connectivity index (χ3v) is 14.6. The number of aryl methyl sites for hydroxylation is 2. The van der Waals surface area contributed by atoms with Crippen molar-refractivity contribution in [2.45, 2.75) is 115 Å². The van der Waals surface area contributed by atoms with Gasteiger partial charge in [0.15, 0.2) is 0 Å². The number of allylic oxidation sites excluding steroid dienone is 6. The van der Waals surface area contributed by atoms with Crippen molar-refractivity contribution < 1.29 is 49.0 Å². The number of benzene rings is 2. The van der Waals surface area contributed by atoms with E-state index in [4.69, 9.17) is 0 Å². The molecule has 0 bridgehead atoms. The molecule has 1 saturated carbocycles. The van der Waals surface area contributed by atoms with Crippen LogP contribution in [0.15, 0.2) is 95.6 Å². The van der Waals surface area contributed by atoms with Crippen LogP contribution < -0.4 is 24.8 Å². The van der Waals surface area contributed by atoms with Crippen LogP contribution in [0.25, 0.3) is 5.57 Å². The van der Waals surface area contributed by atoms with E-state index in [-0.39, 0.29) is 46.5 Å². The average molecular weight is 787 g/mol. The maximum atomic E-state index is 2.62. The fourth-order valence-corrected chi connectivity index (χ4v) is 10.2. The zero-order valence-electron chi connectivity index (χ0n) is 33.0. The second-order valence-electron chi connectivity index (χ2n) is 17.7. The van der Waals surface area contributed by atoms with Gasteiger partial charge in [-0.15, -0.1) is 6.92 Å². The molecule has 0 heterocycles. The van der Waals surface area contributed by atoms with Gasteiger partial charge in [-0.05, 0) is 40.6 Å². The minimum absolute atomic E-state index is 0. The van der Waals surface area contributed by atoms with Crippen LogP contribution in [-0.2, 0) is 36.1 Å². The normalized spacial score (nSPS) is 23.3. The third-order valence-electron chi connectivity index (χ3n) is 13.8. The number of halogens is 2. The first kappa shape index (κ1) is 42.6. The van der Waals surface area contributed by atoms with Gasteiger partial charge in [0, 0.05) is 0 Å². The Labute approximate surface area is 333 Å². The molecule has 0 amide bonds. The van der Waals surface area contributed by atoms with Crippen molar-refractivity contribution in [3.63, 3.8) is 0 Å². The molecule has 268 valence electrons. The Bertz CT molecular complexity index is 1770. The van der Waals surface area contributed by atoms with Crippen LogP contribution in [0.2, 0.25) is 0 Å². The summed E-state index contributed by atoms with van der Waals surface area (Å²) in [6.45, 7) is 31.4. The molecule has 7 rings (SSSR count). The maximum absolute atomic E-state index is 2.62. The van der Waals surface area contributed by atoms with Gasteiger partial charge in [0.05, 0.1) is 0 Å². The molecular weight excluding hydrogens is 727 g/mol. The molecule has 3 aromatic carbocycles. The molecule has 1 fully saturated rings. The first-order valence-electron chi connectivity index (χ1n) is 18.2. The van der Waals surface area contributed by atoms with Gasteiger partial charge in [-0.2, -0.15) is 33.9 Å². The van der Waals surface area contributed by atoms with Gasteiger partial charge in [-0.25, -0.2) is 12.0 Å². The molecule has 50 heavy (non-hydrogen) atoms. The van der Waals surface area contributed by atoms with Crippen LogP contribution in [-0.4, -0.2) is 3.71 Å². The second-order valence-corrected chi connectivity index (χ2v) is 18.4. The van der Waals surface area contributed by atoms with Crippen molar-refractivity contribution in [2.75, 3.05) is 0 Å². The Morgan fingerprint density at radius 1 is 0.860 bits per heavy atom. The summed E-state index contributed by atoms with van der Waals surface area (Å²) in [5.74, 6) is 2.24. The predicted molar refractivity (Wildman–Crippen MR) is 206 cm³/mol. The van der Waals surface area contributed by atoms with Gasteiger partial charge in [-0.3, -0.25) is 0 Å². The molecule has 0 aromatic heterocycles. The van der Waals surface area contributed by atoms with Crippen LogP contribution in [0.5, 0.6) is 0 Å². The van der Waals surface area contributed by atoms with Crippen molar-refractivity contribution in [3.05, 3.63) is 135 Å². The Kier molecular flexibility index (Phi) is 13.0. The van der Waals surface area contributed by atoms with E-state index in [1.807, 2.05) is 6.07 Å². The molecule has 0 saturated heterocycles. The van der Waals surface area contributed by atoms with Crippen LogP contribution >= 0.6 is 0 Å². The minimum atomic E-state index is 0. The number of hydrogen-bond acceptors (Lipinski definition) is 0. The Morgan fingerprint density at radius 3 is 1.98 bits per heavy atom. The molecule has 0 N–H and O–H groups in total. The van der Waals surface area contributed by atoms with E-state index in [0.717, 1.165) is 6.42 Å². The predicted octanol–water partition coefficient (Wildman–Crippen LogP) is 6.68. The molecule has 3 aromatic rings. The number of fused-ring (bicyclic) bond motifs is 6. The van der Waals surface area contributed by atoms with Gasteiger partial charge in [-0.1, -0.05) is 153 Å². The zero-order chi connectivity index (χ0) is 35.4. The molecular formula is C47H60Cl2Zr-2. The quantitative estimate of drug-likeness (QED) is 0.242. The molecule has 2 unspecified atom stereocenters. The summed E-state index contributed by atoms with van der Waals surface area (Å²) in [7, 11) is 0. The van der Waals surface area contributed by atoms with Crippen molar-refractivity contribution in [1.29, 1.82) is 0 Å². The molecule has 4 aliphatic carbocycles. The van der Waals surface area contributed by atoms with E-state index in [1.165, 1.54) is 70.5 Å². The molecule has 2 atom stereocenters. The molecule has 0 aliphatic heterocycles. The molecule has 0 spiro atoms. The molecule has 0 radical (unpaired) electrons. The Morgan fingerprint density at radius 2 is 1.46 bits per heavy atom. The standard InChI is InChI=1S/C29H37.C11H17.C7H6.2ClH.Zr/c1-18-25-22-17-19-13-9-10-14-20(19)24(22)21-15-11-12-16-23(21)29(25,8)28(6,7)27(4,5)26(18,2)3;1-8-6-9(2)10(7-8)11(3,4)5;1-7-5-3-2-4-6-7;;;/h9-11,13-15,23H,12,16-17H2,1-8H3;6-7H,1-5H3;1-6H;2*1H;/q2*-1;;;;+2/p-2. The van der Waals surface area contributed by atoms with Crippen LogP contribution in [0.1, 0.15) is 122 Å². The first-order valence-corrected chi connectivity index (χ1v) is 19.6. The van der Waals surface area contributed by atoms with E-state index in [9.17, 15) is 0 Å². The fourth-order valence-electron chi connectivity index (χ4n) is 9.73. The average Bonchev–Trinajstić information content (AvgIpc) is 3.60. The van der Waals surface area contributed by atoms with Crippen molar-refractivity contribution in [1.82, 2.24) is 0 Å². The summed E-state index contributed by atoms with van der Waals surface area (Å²) in [6, 6.07) is 24.0. The van der Waals surface area contributed by atoms with Gasteiger partial charge in [0.1, 0.15) is 0 Å². The summed E-state index contributed by atoms with van der Waals surface area (Å²) in [6.07, 6.45) is 8.50. The van der Waals surface area contributed by atoms with E-state index < -0.39 is 0 Å². The summed E-state index contributed by atoms with van der Waals surface area (Å²) in [4.78, 5) is 0. The van der Waals surface area contributed by atoms with E-state index >= 15 is 0 Å². The second kappa shape index (κ2) is 15.3. The van der Waals surface area contributed by atoms with E-state index in [2.05, 4.69) is 167 Å². The van der Waals surface area contributed by atoms with E-state index in [0.29, 0.717) is 11.3 Å². The van der Waals surface area contributed by atoms with Crippen LogP contribution in [0, 0.1) is 47.3 Å². The van der Waals surface area contributed by atoms with Crippen LogP contribution in [0.3, 0.4) is 0 Å². The summed E-state index contributed by atoms with van der Waals surface area (Å²) in [5, 5.41) is 0. The molecule has 4 aliphatic rings. The van der Waals surface area contributed by atoms with Gasteiger partial charge < -0.3 is 24.8 Å². The van der Waals surface area contributed by atoms with Gasteiger partial charge in [0.25, 0.3) is 0 Å². The van der Waals surface area contributed by atoms with Crippen molar-refractivity contribution >= 4 is 9.28 Å². The molecule has 3 heteroatoms. The number of rotatable bonds is 1. The van der Waals surface area contributed by atoms with Crippen LogP contribution in [0.4, 0.5) is 0 Å². The van der Waals surface area contributed by atoms with Gasteiger partial charge >= 0.3 is 63.8 Å². The SMILES string of the molecule is C[C-]1C2=C3Cc4ccccc4C3=C3C=CCCC3C2(C)C(C)(C)C(C)(C)C1(C)C.Cc1cc(C(C)(C)C)c(C)[cH-]1.[Cl-].[Cl-].[Zr+2]=[CH]c1ccccc1. The molecule has 0 nitrogen and oxygen atoms in total. The van der Waals surface area contributed by atoms with Crippen molar-refractivity contribution in [2.24, 2.45) is 27.6 Å². The summed E-state index contributed by atoms with van der Waals surface area (Å²) in [5.41, 5.74) is 16.2. The monoisotopic (exact) mass is 784 g/mol. The third kappa shape index (κ3) is 6.88. The fraction of sp³-hybridized carbons (Fsp3) is 0.468. The van der Waals surface area contributed by atoms with Crippen molar-refractivity contribution in [3.8, 4) is 0 Å². The van der Waals surface area contributed by atoms with Gasteiger partial charge in [0.2, 0.25) is 0 Å². The van der Waals surface area contributed by atoms with E-state index in [1.54, 1.807) is 28.2 Å². The number of hydrogen-bond donors (Lipinski definition) is 0. The zero-order valence-corrected chi connectivity index (χ0v) is 37.0. The Balaban J connectivity index is 0.000000266. The summed E-state index contributed by atoms with van der Waals surface area (Å²) < 4.78 is 2.17.